The summed E-state index contributed by atoms with van der Waals surface area (Å²) in [5, 5.41) is 5.32. The van der Waals surface area contributed by atoms with Gasteiger partial charge in [-0.3, -0.25) is 19.9 Å². The van der Waals surface area contributed by atoms with E-state index in [-0.39, 0.29) is 37.9 Å². The van der Waals surface area contributed by atoms with Crippen molar-refractivity contribution < 1.29 is 4.42 Å². The Balaban J connectivity index is 0.000000385. The van der Waals surface area contributed by atoms with Crippen LogP contribution in [0.15, 0.2) is 119 Å². The Labute approximate surface area is 411 Å². The molecule has 0 aromatic carbocycles. The van der Waals surface area contributed by atoms with Gasteiger partial charge < -0.3 is 4.42 Å². The van der Waals surface area contributed by atoms with E-state index in [9.17, 15) is 0 Å². The van der Waals surface area contributed by atoms with E-state index in [0.717, 1.165) is 17.1 Å². The van der Waals surface area contributed by atoms with Crippen LogP contribution in [0.25, 0.3) is 0 Å². The van der Waals surface area contributed by atoms with Crippen LogP contribution in [0.2, 0.25) is 0 Å². The van der Waals surface area contributed by atoms with Gasteiger partial charge in [0.2, 0.25) is 0 Å². The highest BCUT2D eigenvalue weighted by molar-refractivity contribution is 7.10. The highest BCUT2D eigenvalue weighted by atomic mass is 32.1. The van der Waals surface area contributed by atoms with E-state index in [4.69, 9.17) is 4.42 Å². The molecule has 0 atom stereocenters. The fraction of sp³-hybridized carbons (Fsp3) is 0.519. The number of thiazole rings is 3. The summed E-state index contributed by atoms with van der Waals surface area (Å²) >= 11 is 5.09. The molecule has 362 valence electrons. The maximum atomic E-state index is 5.20. The van der Waals surface area contributed by atoms with Crippen molar-refractivity contribution in [2.24, 2.45) is 0 Å². The van der Waals surface area contributed by atoms with Gasteiger partial charge in [-0.1, -0.05) is 145 Å². The minimum Gasteiger partial charge on any atom is -0.469 e. The van der Waals surface area contributed by atoms with Crippen molar-refractivity contribution in [3.63, 3.8) is 0 Å². The molecule has 0 radical (unpaired) electrons. The van der Waals surface area contributed by atoms with Gasteiger partial charge in [0, 0.05) is 98.0 Å². The average molecular weight is 956 g/mol. The lowest BCUT2D eigenvalue weighted by Gasteiger charge is -2.17. The number of hydrogen-bond acceptors (Lipinski definition) is 12. The Kier molecular flexibility index (Phi) is 24.1. The normalized spacial score (nSPS) is 11.7. The summed E-state index contributed by atoms with van der Waals surface area (Å²) in [5.74, 6) is 1.04. The van der Waals surface area contributed by atoms with Crippen LogP contribution in [0.4, 0.5) is 0 Å². The first-order valence-corrected chi connectivity index (χ1v) is 25.1. The summed E-state index contributed by atoms with van der Waals surface area (Å²) in [6, 6.07) is 9.97. The van der Waals surface area contributed by atoms with E-state index >= 15 is 0 Å². The van der Waals surface area contributed by atoms with Crippen LogP contribution >= 0.6 is 34.0 Å². The second kappa shape index (κ2) is 26.7. The maximum absolute atomic E-state index is 5.20. The van der Waals surface area contributed by atoms with Crippen LogP contribution in [0.5, 0.6) is 0 Å². The molecule has 9 nitrogen and oxygen atoms in total. The van der Waals surface area contributed by atoms with Crippen LogP contribution < -0.4 is 0 Å². The third kappa shape index (κ3) is 25.4. The molecule has 0 N–H and O–H groups in total. The smallest absolute Gasteiger partial charge is 0.115 e. The Hall–Kier alpha value is -4.52. The number of hydrogen-bond donors (Lipinski definition) is 0. The van der Waals surface area contributed by atoms with Crippen molar-refractivity contribution in [2.75, 3.05) is 0 Å². The summed E-state index contributed by atoms with van der Waals surface area (Å²) in [6.07, 6.45) is 17.7. The molecule has 0 aliphatic heterocycles. The zero-order chi connectivity index (χ0) is 50.5. The Morgan fingerprint density at radius 2 is 1.03 bits per heavy atom. The van der Waals surface area contributed by atoms with E-state index in [2.05, 4.69) is 203 Å². The topological polar surface area (TPSA) is 116 Å². The monoisotopic (exact) mass is 955 g/mol. The molecule has 0 saturated carbocycles. The number of aromatic nitrogens is 8. The number of pyridine rings is 1. The first-order valence-electron chi connectivity index (χ1n) is 22.4. The first kappa shape index (κ1) is 59.5. The molecule has 0 aliphatic rings. The van der Waals surface area contributed by atoms with Crippen LogP contribution in [-0.2, 0) is 37.9 Å². The van der Waals surface area contributed by atoms with Gasteiger partial charge in [-0.05, 0) is 46.7 Å². The van der Waals surface area contributed by atoms with Crippen molar-refractivity contribution >= 4 is 34.0 Å². The summed E-state index contributed by atoms with van der Waals surface area (Å²) < 4.78 is 5.20. The largest absolute Gasteiger partial charge is 0.469 e. The molecule has 12 heteroatoms. The summed E-state index contributed by atoms with van der Waals surface area (Å²) in [7, 11) is 0. The second-order valence-corrected chi connectivity index (χ2v) is 25.2. The van der Waals surface area contributed by atoms with Gasteiger partial charge in [0.05, 0.1) is 33.7 Å². The van der Waals surface area contributed by atoms with Gasteiger partial charge in [-0.15, -0.1) is 34.0 Å². The highest BCUT2D eigenvalue weighted by Gasteiger charge is 2.18. The van der Waals surface area contributed by atoms with E-state index < -0.39 is 0 Å². The van der Waals surface area contributed by atoms with E-state index in [1.54, 1.807) is 71.4 Å². The van der Waals surface area contributed by atoms with Gasteiger partial charge in [0.15, 0.2) is 0 Å². The molecule has 0 bridgehead atoms. The molecular weight excluding hydrogens is 873 g/mol. The van der Waals surface area contributed by atoms with Gasteiger partial charge in [0.25, 0.3) is 0 Å². The summed E-state index contributed by atoms with van der Waals surface area (Å²) in [5.41, 5.74) is 9.80. The molecule has 0 fully saturated rings. The highest BCUT2D eigenvalue weighted by Crippen LogP contribution is 2.26. The van der Waals surface area contributed by atoms with Gasteiger partial charge >= 0.3 is 0 Å². The number of furan rings is 1. The first-order chi connectivity index (χ1) is 30.2. The van der Waals surface area contributed by atoms with Crippen LogP contribution in [0.3, 0.4) is 0 Å². The maximum Gasteiger partial charge on any atom is 0.115 e. The third-order valence-corrected chi connectivity index (χ3v) is 11.9. The lowest BCUT2D eigenvalue weighted by atomic mass is 9.88. The predicted octanol–water partition coefficient (Wildman–Crippen LogP) is 15.8. The molecule has 7 aromatic rings. The standard InChI is InChI=1S/C9H13N.2C8H12N2.C8H12O.3C7H11NS/c1-9(2,3)8-4-6-10-7-5-8;1-8(2,3)7-6-9-4-5-10-7;1-8(2,3)7-4-5-9-6-10-7;1-8(2,3)7-5-4-6-9-7;1-7(2,3)6-4-9-5-8-6;1-7(2,3)6-4-8-5-9-6;1-7(2,3)6-8-4-5-9-6/h4-7H,1-3H3;2*4-6H,1-3H3;4-6H,1-3H3;3*4-5H,1-3H3. The minimum atomic E-state index is 0.119. The molecular formula is C54H82N8OS3. The number of rotatable bonds is 0. The van der Waals surface area contributed by atoms with Crippen molar-refractivity contribution in [3.8, 4) is 0 Å². The zero-order valence-electron chi connectivity index (χ0n) is 44.2. The van der Waals surface area contributed by atoms with Crippen molar-refractivity contribution in [3.05, 3.63) is 153 Å². The van der Waals surface area contributed by atoms with E-state index in [0.29, 0.717) is 0 Å². The Morgan fingerprint density at radius 1 is 0.424 bits per heavy atom. The van der Waals surface area contributed by atoms with Crippen LogP contribution in [0, 0.1) is 0 Å². The molecule has 0 saturated heterocycles. The average Bonchev–Trinajstić information content (AvgIpc) is 4.07. The van der Waals surface area contributed by atoms with E-state index in [1.807, 2.05) is 59.4 Å². The minimum absolute atomic E-state index is 0.119. The molecule has 0 aliphatic carbocycles. The molecule has 7 heterocycles. The van der Waals surface area contributed by atoms with Crippen LogP contribution in [-0.4, -0.2) is 39.9 Å². The van der Waals surface area contributed by atoms with Gasteiger partial charge in [-0.2, -0.15) is 0 Å². The Bertz CT molecular complexity index is 1900. The zero-order valence-corrected chi connectivity index (χ0v) is 46.6. The Morgan fingerprint density at radius 3 is 1.29 bits per heavy atom. The summed E-state index contributed by atoms with van der Waals surface area (Å²) in [6.45, 7) is 45.4. The van der Waals surface area contributed by atoms with Gasteiger partial charge in [0.1, 0.15) is 12.1 Å². The SMILES string of the molecule is CC(C)(C)c1ccco1.CC(C)(C)c1ccncc1.CC(C)(C)c1ccncn1.CC(C)(C)c1cnccn1.CC(C)(C)c1cncs1.CC(C)(C)c1cscn1.CC(C)(C)c1nccs1. The van der Waals surface area contributed by atoms with Gasteiger partial charge in [-0.25, -0.2) is 19.9 Å². The molecule has 66 heavy (non-hydrogen) atoms. The van der Waals surface area contributed by atoms with E-state index in [1.165, 1.54) is 21.1 Å². The molecule has 7 aromatic heterocycles. The van der Waals surface area contributed by atoms with Crippen molar-refractivity contribution in [1.29, 1.82) is 0 Å². The molecule has 7 rings (SSSR count). The quantitative estimate of drug-likeness (QED) is 0.146. The fourth-order valence-electron chi connectivity index (χ4n) is 4.74. The van der Waals surface area contributed by atoms with Crippen molar-refractivity contribution in [2.45, 2.75) is 183 Å². The third-order valence-electron chi connectivity index (χ3n) is 8.93. The number of nitrogens with zero attached hydrogens (tertiary/aromatic N) is 8. The molecule has 0 spiro atoms. The lowest BCUT2D eigenvalue weighted by Crippen LogP contribution is -2.13. The molecule has 0 amide bonds. The fourth-order valence-corrected chi connectivity index (χ4v) is 6.96. The van der Waals surface area contributed by atoms with Crippen molar-refractivity contribution in [1.82, 2.24) is 39.9 Å². The second-order valence-electron chi connectivity index (χ2n) is 22.7. The lowest BCUT2D eigenvalue weighted by molar-refractivity contribution is 0.409. The summed E-state index contributed by atoms with van der Waals surface area (Å²) in [4.78, 5) is 33.9. The predicted molar refractivity (Wildman–Crippen MR) is 284 cm³/mol. The molecule has 0 unspecified atom stereocenters. The van der Waals surface area contributed by atoms with Crippen LogP contribution in [0.1, 0.15) is 184 Å².